The van der Waals surface area contributed by atoms with Crippen molar-refractivity contribution in [2.45, 2.75) is 58.5 Å². The number of rotatable bonds is 5. The number of benzene rings is 1. The molecule has 1 aliphatic carbocycles. The first-order valence-corrected chi connectivity index (χ1v) is 12.8. The van der Waals surface area contributed by atoms with Crippen LogP contribution < -0.4 is 4.74 Å². The minimum Gasteiger partial charge on any atom is -0.489 e. The molecule has 2 fully saturated rings. The van der Waals surface area contributed by atoms with Gasteiger partial charge in [-0.05, 0) is 51.0 Å². The van der Waals surface area contributed by atoms with Crippen LogP contribution in [0.1, 0.15) is 51.5 Å². The van der Waals surface area contributed by atoms with E-state index in [4.69, 9.17) is 4.74 Å². The highest BCUT2D eigenvalue weighted by atomic mass is 16.5. The molecule has 180 valence electrons. The van der Waals surface area contributed by atoms with Crippen LogP contribution in [0.15, 0.2) is 36.4 Å². The summed E-state index contributed by atoms with van der Waals surface area (Å²) in [6.07, 6.45) is 9.25. The van der Waals surface area contributed by atoms with Crippen LogP contribution in [-0.2, 0) is 16.1 Å². The third kappa shape index (κ3) is 5.78. The third-order valence-corrected chi connectivity index (χ3v) is 7.71. The number of amides is 2. The lowest BCUT2D eigenvalue weighted by Crippen LogP contribution is -2.50. The van der Waals surface area contributed by atoms with Crippen LogP contribution in [0.5, 0.6) is 5.75 Å². The Labute approximate surface area is 198 Å². The summed E-state index contributed by atoms with van der Waals surface area (Å²) in [6, 6.07) is 8.67. The Balaban J connectivity index is 1.54. The van der Waals surface area contributed by atoms with Crippen LogP contribution in [0.2, 0.25) is 0 Å². The standard InChI is InChI=1S/C27H39N3O3/c1-3-28(4-2)26(31)17-21-14-15-29-18-22(21)10-8-16-33-25-13-6-5-9-23(25)19-30(20-27(29)32)24-11-7-12-24/h5-6,8-10,13,21-22,24H,3-4,7,11-12,14-20H2,1-2H3/b10-8-/t21-,22-/m0/s1. The summed E-state index contributed by atoms with van der Waals surface area (Å²) in [5.74, 6) is 1.78. The normalized spacial score (nSPS) is 25.5. The van der Waals surface area contributed by atoms with Crippen LogP contribution in [0, 0.1) is 11.8 Å². The highest BCUT2D eigenvalue weighted by molar-refractivity contribution is 5.79. The van der Waals surface area contributed by atoms with Crippen LogP contribution in [0.4, 0.5) is 0 Å². The maximum absolute atomic E-state index is 13.4. The summed E-state index contributed by atoms with van der Waals surface area (Å²) in [5, 5.41) is 0. The summed E-state index contributed by atoms with van der Waals surface area (Å²) in [5.41, 5.74) is 1.14. The first-order valence-electron chi connectivity index (χ1n) is 12.8. The number of hydrogen-bond acceptors (Lipinski definition) is 4. The second kappa shape index (κ2) is 11.2. The molecule has 6 nitrogen and oxygen atoms in total. The van der Waals surface area contributed by atoms with Gasteiger partial charge >= 0.3 is 0 Å². The van der Waals surface area contributed by atoms with Crippen LogP contribution in [0.3, 0.4) is 0 Å². The molecule has 0 N–H and O–H groups in total. The molecule has 4 rings (SSSR count). The maximum Gasteiger partial charge on any atom is 0.236 e. The highest BCUT2D eigenvalue weighted by Crippen LogP contribution is 2.31. The van der Waals surface area contributed by atoms with Gasteiger partial charge in [0.1, 0.15) is 12.4 Å². The number of nitrogens with zero attached hydrogens (tertiary/aromatic N) is 3. The molecule has 2 bridgehead atoms. The Bertz CT molecular complexity index is 847. The van der Waals surface area contributed by atoms with Gasteiger partial charge in [-0.25, -0.2) is 0 Å². The molecular weight excluding hydrogens is 414 g/mol. The average Bonchev–Trinajstić information content (AvgIpc) is 2.78. The van der Waals surface area contributed by atoms with Gasteiger partial charge in [-0.15, -0.1) is 0 Å². The van der Waals surface area contributed by atoms with E-state index >= 15 is 0 Å². The topological polar surface area (TPSA) is 53.1 Å². The molecular formula is C27H39N3O3. The van der Waals surface area contributed by atoms with Crippen molar-refractivity contribution in [3.05, 3.63) is 42.0 Å². The van der Waals surface area contributed by atoms with Gasteiger partial charge in [0.2, 0.25) is 11.8 Å². The molecule has 2 aliphatic heterocycles. The van der Waals surface area contributed by atoms with Crippen molar-refractivity contribution in [2.24, 2.45) is 11.8 Å². The lowest BCUT2D eigenvalue weighted by Gasteiger charge is -2.41. The van der Waals surface area contributed by atoms with Crippen molar-refractivity contribution in [3.8, 4) is 5.75 Å². The molecule has 0 radical (unpaired) electrons. The number of para-hydroxylation sites is 1. The van der Waals surface area contributed by atoms with E-state index in [1.165, 1.54) is 6.42 Å². The molecule has 6 heteroatoms. The van der Waals surface area contributed by atoms with Gasteiger partial charge in [0.15, 0.2) is 0 Å². The fraction of sp³-hybridized carbons (Fsp3) is 0.630. The van der Waals surface area contributed by atoms with Crippen molar-refractivity contribution < 1.29 is 14.3 Å². The Kier molecular flexibility index (Phi) is 8.07. The summed E-state index contributed by atoms with van der Waals surface area (Å²) < 4.78 is 6.15. The third-order valence-electron chi connectivity index (χ3n) is 7.71. The van der Waals surface area contributed by atoms with Crippen LogP contribution in [-0.4, -0.2) is 71.9 Å². The van der Waals surface area contributed by atoms with Crippen molar-refractivity contribution in [1.29, 1.82) is 0 Å². The van der Waals surface area contributed by atoms with Gasteiger partial charge < -0.3 is 14.5 Å². The minimum absolute atomic E-state index is 0.180. The summed E-state index contributed by atoms with van der Waals surface area (Å²) in [7, 11) is 0. The number of fused-ring (bicyclic) bond motifs is 3. The Hall–Kier alpha value is -2.34. The molecule has 0 aromatic heterocycles. The van der Waals surface area contributed by atoms with E-state index in [2.05, 4.69) is 23.1 Å². The molecule has 3 aliphatic rings. The van der Waals surface area contributed by atoms with Crippen molar-refractivity contribution in [2.75, 3.05) is 39.3 Å². The Morgan fingerprint density at radius 2 is 1.91 bits per heavy atom. The van der Waals surface area contributed by atoms with E-state index in [9.17, 15) is 9.59 Å². The van der Waals surface area contributed by atoms with Gasteiger partial charge in [-0.1, -0.05) is 36.8 Å². The Morgan fingerprint density at radius 3 is 2.64 bits per heavy atom. The average molecular weight is 454 g/mol. The fourth-order valence-corrected chi connectivity index (χ4v) is 5.36. The first-order chi connectivity index (χ1) is 16.1. The predicted molar refractivity (Wildman–Crippen MR) is 130 cm³/mol. The minimum atomic E-state index is 0.180. The first kappa shape index (κ1) is 23.8. The zero-order valence-corrected chi connectivity index (χ0v) is 20.2. The molecule has 2 atom stereocenters. The molecule has 1 aromatic rings. The van der Waals surface area contributed by atoms with Crippen molar-refractivity contribution in [3.63, 3.8) is 0 Å². The molecule has 2 amide bonds. The number of carbonyl (C=O) groups excluding carboxylic acids is 2. The highest BCUT2D eigenvalue weighted by Gasteiger charge is 2.34. The van der Waals surface area contributed by atoms with E-state index in [0.717, 1.165) is 56.8 Å². The van der Waals surface area contributed by atoms with E-state index in [1.807, 2.05) is 41.8 Å². The van der Waals surface area contributed by atoms with Crippen LogP contribution >= 0.6 is 0 Å². The molecule has 33 heavy (non-hydrogen) atoms. The molecule has 0 unspecified atom stereocenters. The predicted octanol–water partition coefficient (Wildman–Crippen LogP) is 3.71. The van der Waals surface area contributed by atoms with Crippen LogP contribution in [0.25, 0.3) is 0 Å². The molecule has 1 saturated carbocycles. The van der Waals surface area contributed by atoms with Gasteiger partial charge in [0.25, 0.3) is 0 Å². The van der Waals surface area contributed by atoms with E-state index < -0.39 is 0 Å². The molecule has 1 saturated heterocycles. The quantitative estimate of drug-likeness (QED) is 0.638. The van der Waals surface area contributed by atoms with E-state index in [0.29, 0.717) is 32.2 Å². The SMILES string of the molecule is CCN(CC)C(=O)C[C@@H]1CCN2C[C@@H]1/C=C\COc1ccccc1CN(C1CCC1)CC2=O. The molecule has 0 spiro atoms. The van der Waals surface area contributed by atoms with Crippen molar-refractivity contribution in [1.82, 2.24) is 14.7 Å². The molecule has 2 heterocycles. The zero-order valence-electron chi connectivity index (χ0n) is 20.2. The van der Waals surface area contributed by atoms with Gasteiger partial charge in [0, 0.05) is 50.7 Å². The zero-order chi connectivity index (χ0) is 23.2. The lowest BCUT2D eigenvalue weighted by atomic mass is 9.82. The fourth-order valence-electron chi connectivity index (χ4n) is 5.36. The Morgan fingerprint density at radius 1 is 1.12 bits per heavy atom. The summed E-state index contributed by atoms with van der Waals surface area (Å²) in [4.78, 5) is 32.5. The monoisotopic (exact) mass is 453 g/mol. The smallest absolute Gasteiger partial charge is 0.236 e. The second-order valence-corrected chi connectivity index (χ2v) is 9.66. The van der Waals surface area contributed by atoms with Crippen molar-refractivity contribution >= 4 is 11.8 Å². The largest absolute Gasteiger partial charge is 0.489 e. The number of hydrogen-bond donors (Lipinski definition) is 0. The summed E-state index contributed by atoms with van der Waals surface area (Å²) in [6.45, 7) is 8.69. The second-order valence-electron chi connectivity index (χ2n) is 9.66. The van der Waals surface area contributed by atoms with E-state index in [-0.39, 0.29) is 23.7 Å². The lowest BCUT2D eigenvalue weighted by molar-refractivity contribution is -0.136. The number of carbonyl (C=O) groups is 2. The number of piperidine rings is 1. The van der Waals surface area contributed by atoms with E-state index in [1.54, 1.807) is 0 Å². The van der Waals surface area contributed by atoms with Gasteiger partial charge in [-0.3, -0.25) is 14.5 Å². The maximum atomic E-state index is 13.4. The van der Waals surface area contributed by atoms with Gasteiger partial charge in [-0.2, -0.15) is 0 Å². The summed E-state index contributed by atoms with van der Waals surface area (Å²) >= 11 is 0. The molecule has 1 aromatic carbocycles. The number of ether oxygens (including phenoxy) is 1. The van der Waals surface area contributed by atoms with Gasteiger partial charge in [0.05, 0.1) is 6.54 Å².